The highest BCUT2D eigenvalue weighted by Crippen LogP contribution is 2.60. The summed E-state index contributed by atoms with van der Waals surface area (Å²) in [5.41, 5.74) is 1.04. The Bertz CT molecular complexity index is 1790. The van der Waals surface area contributed by atoms with Crippen molar-refractivity contribution in [3.63, 3.8) is 0 Å². The first-order valence-corrected chi connectivity index (χ1v) is 19.8. The molecule has 0 aliphatic carbocycles. The van der Waals surface area contributed by atoms with Gasteiger partial charge in [-0.1, -0.05) is 42.8 Å². The van der Waals surface area contributed by atoms with Crippen LogP contribution in [0.25, 0.3) is 0 Å². The number of nitrogens with zero attached hydrogens (tertiary/aromatic N) is 3. The molecule has 5 atom stereocenters. The van der Waals surface area contributed by atoms with E-state index < -0.39 is 31.6 Å². The quantitative estimate of drug-likeness (QED) is 0.238. The molecule has 252 valence electrons. The molecule has 4 aliphatic heterocycles. The van der Waals surface area contributed by atoms with Crippen LogP contribution in [0, 0.1) is 5.92 Å². The highest BCUT2D eigenvalue weighted by Gasteiger charge is 2.67. The Morgan fingerprint density at radius 1 is 1.08 bits per heavy atom. The van der Waals surface area contributed by atoms with Crippen LogP contribution in [-0.2, 0) is 31.3 Å². The minimum Gasteiger partial charge on any atom is -0.482 e. The van der Waals surface area contributed by atoms with Gasteiger partial charge in [-0.25, -0.2) is 0 Å². The number of hydrogen-bond donors (Lipinski definition) is 1. The molecule has 1 N–H and O–H groups in total. The molecule has 48 heavy (non-hydrogen) atoms. The van der Waals surface area contributed by atoms with Crippen LogP contribution < -0.4 is 14.5 Å². The van der Waals surface area contributed by atoms with Crippen molar-refractivity contribution in [2.75, 3.05) is 29.6 Å². The number of hydrogen-bond acceptors (Lipinski definition) is 6. The average Bonchev–Trinajstić information content (AvgIpc) is 3.71. The summed E-state index contributed by atoms with van der Waals surface area (Å²) in [4.78, 5) is 46.4. The molecule has 0 unspecified atom stereocenters. The lowest BCUT2D eigenvalue weighted by Gasteiger charge is -2.31. The van der Waals surface area contributed by atoms with E-state index in [0.29, 0.717) is 46.4 Å². The molecule has 1 spiro atoms. The van der Waals surface area contributed by atoms with Crippen molar-refractivity contribution in [1.29, 1.82) is 0 Å². The number of para-hydroxylation sites is 2. The number of carbonyl (C=O) groups is 3. The Balaban J connectivity index is 1.23. The lowest BCUT2D eigenvalue weighted by atomic mass is 9.82. The van der Waals surface area contributed by atoms with Gasteiger partial charge < -0.3 is 28.5 Å². The molecule has 2 saturated heterocycles. The molecule has 7 rings (SSSR count). The van der Waals surface area contributed by atoms with E-state index in [-0.39, 0.29) is 49.9 Å². The van der Waals surface area contributed by atoms with Gasteiger partial charge in [0.2, 0.25) is 14.3 Å². The van der Waals surface area contributed by atoms with Gasteiger partial charge in [0.1, 0.15) is 5.75 Å². The van der Waals surface area contributed by atoms with Crippen molar-refractivity contribution in [3.8, 4) is 5.75 Å². The van der Waals surface area contributed by atoms with Gasteiger partial charge in [-0.15, -0.1) is 0 Å². The molecular formula is C36H39ClFN3O6Si. The molecule has 2 fully saturated rings. The predicted octanol–water partition coefficient (Wildman–Crippen LogP) is 6.09. The van der Waals surface area contributed by atoms with Crippen LogP contribution in [0.5, 0.6) is 5.75 Å². The van der Waals surface area contributed by atoms with E-state index in [1.54, 1.807) is 46.0 Å². The maximum atomic E-state index is 16.3. The summed E-state index contributed by atoms with van der Waals surface area (Å²) in [7, 11) is -3.49. The molecular weight excluding hydrogens is 653 g/mol. The summed E-state index contributed by atoms with van der Waals surface area (Å²) in [6.07, 6.45) is 0.606. The number of amides is 3. The van der Waals surface area contributed by atoms with E-state index in [1.807, 2.05) is 55.5 Å². The van der Waals surface area contributed by atoms with E-state index in [2.05, 4.69) is 0 Å². The molecule has 3 amide bonds. The molecule has 0 radical (unpaired) electrons. The second kappa shape index (κ2) is 12.3. The van der Waals surface area contributed by atoms with Crippen LogP contribution in [0.3, 0.4) is 0 Å². The maximum Gasteiger partial charge on any atom is 0.269 e. The lowest BCUT2D eigenvalue weighted by Crippen LogP contribution is -2.45. The van der Waals surface area contributed by atoms with E-state index in [4.69, 9.17) is 21.1 Å². The summed E-state index contributed by atoms with van der Waals surface area (Å²) in [6, 6.07) is 19.8. The van der Waals surface area contributed by atoms with Crippen molar-refractivity contribution in [1.82, 2.24) is 4.90 Å². The number of anilines is 3. The average molecular weight is 692 g/mol. The molecule has 0 aromatic heterocycles. The number of fused-ring (bicyclic) bond motifs is 3. The van der Waals surface area contributed by atoms with Gasteiger partial charge in [-0.3, -0.25) is 19.3 Å². The van der Waals surface area contributed by atoms with Gasteiger partial charge >= 0.3 is 0 Å². The van der Waals surface area contributed by atoms with Crippen LogP contribution >= 0.6 is 11.6 Å². The number of ether oxygens (including phenoxy) is 2. The fourth-order valence-electron chi connectivity index (χ4n) is 8.38. The van der Waals surface area contributed by atoms with Gasteiger partial charge in [0.25, 0.3) is 11.8 Å². The smallest absolute Gasteiger partial charge is 0.269 e. The van der Waals surface area contributed by atoms with Crippen LogP contribution in [0.1, 0.15) is 37.3 Å². The highest BCUT2D eigenvalue weighted by molar-refractivity contribution is 6.72. The third-order valence-corrected chi connectivity index (χ3v) is 13.1. The van der Waals surface area contributed by atoms with Crippen molar-refractivity contribution < 1.29 is 33.1 Å². The third kappa shape index (κ3) is 5.31. The van der Waals surface area contributed by atoms with E-state index in [0.717, 1.165) is 12.0 Å². The number of likely N-dealkylation sites (tertiary alicyclic amines) is 1. The van der Waals surface area contributed by atoms with Crippen molar-refractivity contribution in [2.45, 2.75) is 69.1 Å². The molecule has 0 saturated carbocycles. The molecule has 12 heteroatoms. The first-order valence-electron chi connectivity index (χ1n) is 16.5. The minimum absolute atomic E-state index is 0.0755. The molecule has 0 bridgehead atoms. The monoisotopic (exact) mass is 691 g/mol. The lowest BCUT2D eigenvalue weighted by molar-refractivity contribution is -0.150. The number of halogens is 2. The Morgan fingerprint density at radius 3 is 2.65 bits per heavy atom. The first kappa shape index (κ1) is 32.8. The summed E-state index contributed by atoms with van der Waals surface area (Å²) < 4.78 is 28.7. The van der Waals surface area contributed by atoms with Gasteiger partial charge in [-0.2, -0.15) is 0 Å². The fraction of sp³-hybridized carbons (Fsp3) is 0.417. The number of rotatable bonds is 7. The second-order valence-electron chi connectivity index (χ2n) is 13.7. The van der Waals surface area contributed by atoms with E-state index >= 15 is 4.11 Å². The normalized spacial score (nSPS) is 26.7. The third-order valence-electron chi connectivity index (χ3n) is 10.4. The van der Waals surface area contributed by atoms with Crippen LogP contribution in [0.4, 0.5) is 21.2 Å². The number of benzene rings is 3. The Morgan fingerprint density at radius 2 is 1.88 bits per heavy atom. The van der Waals surface area contributed by atoms with Crippen molar-refractivity contribution in [2.24, 2.45) is 5.92 Å². The van der Waals surface area contributed by atoms with Crippen molar-refractivity contribution in [3.05, 3.63) is 82.9 Å². The number of aliphatic hydroxyl groups excluding tert-OH is 1. The second-order valence-corrected chi connectivity index (χ2v) is 18.0. The largest absolute Gasteiger partial charge is 0.482 e. The minimum atomic E-state index is -3.49. The molecule has 4 heterocycles. The van der Waals surface area contributed by atoms with Gasteiger partial charge in [0, 0.05) is 34.3 Å². The molecule has 3 aromatic carbocycles. The van der Waals surface area contributed by atoms with E-state index in [9.17, 15) is 19.5 Å². The Hall–Kier alpha value is -3.77. The summed E-state index contributed by atoms with van der Waals surface area (Å²) in [5, 5.41) is 10.3. The van der Waals surface area contributed by atoms with E-state index in [1.165, 1.54) is 0 Å². The van der Waals surface area contributed by atoms with Gasteiger partial charge in [0.15, 0.2) is 12.2 Å². The summed E-state index contributed by atoms with van der Waals surface area (Å²) in [6.45, 7) is 5.54. The van der Waals surface area contributed by atoms with Gasteiger partial charge in [0.05, 0.1) is 43.1 Å². The highest BCUT2D eigenvalue weighted by atomic mass is 35.5. The zero-order valence-corrected chi connectivity index (χ0v) is 29.0. The summed E-state index contributed by atoms with van der Waals surface area (Å²) in [5.74, 6) is -0.723. The van der Waals surface area contributed by atoms with Crippen LogP contribution in [-0.4, -0.2) is 68.0 Å². The van der Waals surface area contributed by atoms with Crippen LogP contribution in [0.2, 0.25) is 23.7 Å². The molecule has 9 nitrogen and oxygen atoms in total. The van der Waals surface area contributed by atoms with Crippen LogP contribution in [0.15, 0.2) is 66.7 Å². The Kier molecular flexibility index (Phi) is 8.38. The zero-order valence-electron chi connectivity index (χ0n) is 27.2. The topological polar surface area (TPSA) is 99.6 Å². The Labute approximate surface area is 285 Å². The van der Waals surface area contributed by atoms with Gasteiger partial charge in [-0.05, 0) is 74.0 Å². The van der Waals surface area contributed by atoms with Crippen molar-refractivity contribution >= 4 is 54.8 Å². The number of aliphatic hydroxyl groups is 1. The predicted molar refractivity (Wildman–Crippen MR) is 183 cm³/mol. The summed E-state index contributed by atoms with van der Waals surface area (Å²) >= 11 is 6.53. The maximum absolute atomic E-state index is 16.3. The molecule has 3 aromatic rings. The standard InChI is InChI=1S/C36H39ClFN3O6Si/c1-22-34(48(2,3)38)31(18-32(43)39-15-7-10-26(39)20-42)47-36(22)27-17-24(37)13-14-28(27)40(35(36)45)19-23-8-6-9-25(16-23)41-29-11-4-5-12-30(29)46-21-33(41)44/h4-6,8-9,11-14,16-17,22,26,31,34,42H,7,10,15,18-21H2,1-3H3/t22-,26+,31+,34-,36+/m1/s1. The fourth-order valence-corrected chi connectivity index (χ4v) is 11.0. The number of carbonyl (C=O) groups excluding carboxylic acids is 3. The first-order chi connectivity index (χ1) is 22.9. The molecule has 4 aliphatic rings. The SMILES string of the molecule is C[C@@H]1[C@@H]([Si](C)(C)F)[C@H](CC(=O)N2CCC[C@H]2CO)O[C@@]12C(=O)N(Cc1cccc(N3C(=O)COc4ccccc43)c1)c1ccc(Cl)cc12. The zero-order chi connectivity index (χ0) is 34.0.